The predicted octanol–water partition coefficient (Wildman–Crippen LogP) is 1.48. The number of hydrogen-bond acceptors (Lipinski definition) is 5. The van der Waals surface area contributed by atoms with E-state index in [4.69, 9.17) is 4.74 Å². The lowest BCUT2D eigenvalue weighted by Gasteiger charge is -2.30. The molecule has 1 N–H and O–H groups in total. The molecule has 0 aliphatic carbocycles. The van der Waals surface area contributed by atoms with E-state index >= 15 is 0 Å². The Hall–Kier alpha value is -0.650. The highest BCUT2D eigenvalue weighted by Crippen LogP contribution is 2.24. The predicted molar refractivity (Wildman–Crippen MR) is 67.1 cm³/mol. The molecule has 2 rings (SSSR count). The van der Waals surface area contributed by atoms with Gasteiger partial charge in [0.25, 0.3) is 0 Å². The zero-order valence-electron chi connectivity index (χ0n) is 9.90. The maximum absolute atomic E-state index is 5.37. The van der Waals surface area contributed by atoms with E-state index in [1.165, 1.54) is 0 Å². The fraction of sp³-hybridized carbons (Fsp3) is 0.727. The highest BCUT2D eigenvalue weighted by atomic mass is 32.1. The van der Waals surface area contributed by atoms with Crippen LogP contribution in [-0.2, 0) is 11.3 Å². The first-order chi connectivity index (χ1) is 7.83. The van der Waals surface area contributed by atoms with Crippen LogP contribution in [0.2, 0.25) is 0 Å². The minimum atomic E-state index is 0.438. The number of aromatic nitrogens is 1. The third kappa shape index (κ3) is 2.72. The largest absolute Gasteiger partial charge is 0.381 e. The van der Waals surface area contributed by atoms with Gasteiger partial charge in [-0.2, -0.15) is 0 Å². The molecular formula is C11H19N3OS. The van der Waals surface area contributed by atoms with Crippen LogP contribution in [0.15, 0.2) is 5.38 Å². The standard InChI is InChI=1S/C11H19N3OS/c1-12-7-9-8-16-11(13-9)14-5-3-10(15-2)4-6-14/h8,10,12H,3-7H2,1-2H3. The van der Waals surface area contributed by atoms with Crippen molar-refractivity contribution in [2.45, 2.75) is 25.5 Å². The average Bonchev–Trinajstić information content (AvgIpc) is 2.78. The Morgan fingerprint density at radius 1 is 1.56 bits per heavy atom. The normalized spacial score (nSPS) is 18.0. The second-order valence-electron chi connectivity index (χ2n) is 4.07. The number of ether oxygens (including phenoxy) is 1. The zero-order chi connectivity index (χ0) is 11.4. The monoisotopic (exact) mass is 241 g/mol. The summed E-state index contributed by atoms with van der Waals surface area (Å²) >= 11 is 1.74. The molecule has 0 bridgehead atoms. The first kappa shape index (κ1) is 11.8. The third-order valence-corrected chi connectivity index (χ3v) is 3.89. The first-order valence-electron chi connectivity index (χ1n) is 5.70. The van der Waals surface area contributed by atoms with E-state index in [1.807, 2.05) is 7.05 Å². The van der Waals surface area contributed by atoms with Crippen molar-refractivity contribution in [1.29, 1.82) is 0 Å². The average molecular weight is 241 g/mol. The summed E-state index contributed by atoms with van der Waals surface area (Å²) in [5, 5.41) is 6.41. The van der Waals surface area contributed by atoms with Crippen LogP contribution in [0.25, 0.3) is 0 Å². The van der Waals surface area contributed by atoms with Gasteiger partial charge in [-0.15, -0.1) is 11.3 Å². The molecule has 1 aliphatic heterocycles. The summed E-state index contributed by atoms with van der Waals surface area (Å²) < 4.78 is 5.37. The Morgan fingerprint density at radius 2 is 2.31 bits per heavy atom. The Labute approximate surface area is 101 Å². The molecule has 5 heteroatoms. The number of methoxy groups -OCH3 is 1. The van der Waals surface area contributed by atoms with E-state index in [0.717, 1.165) is 43.3 Å². The highest BCUT2D eigenvalue weighted by Gasteiger charge is 2.20. The van der Waals surface area contributed by atoms with Gasteiger partial charge in [0.2, 0.25) is 0 Å². The van der Waals surface area contributed by atoms with Crippen LogP contribution in [0.3, 0.4) is 0 Å². The number of anilines is 1. The van der Waals surface area contributed by atoms with E-state index in [1.54, 1.807) is 18.4 Å². The summed E-state index contributed by atoms with van der Waals surface area (Å²) in [4.78, 5) is 6.98. The molecule has 0 radical (unpaired) electrons. The third-order valence-electron chi connectivity index (χ3n) is 2.94. The van der Waals surface area contributed by atoms with Gasteiger partial charge in [-0.3, -0.25) is 0 Å². The van der Waals surface area contributed by atoms with Crippen molar-refractivity contribution in [3.8, 4) is 0 Å². The molecule has 1 aliphatic rings. The molecule has 1 aromatic rings. The van der Waals surface area contributed by atoms with Gasteiger partial charge >= 0.3 is 0 Å². The van der Waals surface area contributed by atoms with Gasteiger partial charge < -0.3 is 15.0 Å². The molecule has 0 atom stereocenters. The number of nitrogens with zero attached hydrogens (tertiary/aromatic N) is 2. The van der Waals surface area contributed by atoms with Crippen LogP contribution in [0, 0.1) is 0 Å². The topological polar surface area (TPSA) is 37.4 Å². The molecule has 90 valence electrons. The first-order valence-corrected chi connectivity index (χ1v) is 6.58. The Bertz CT molecular complexity index is 321. The van der Waals surface area contributed by atoms with Gasteiger partial charge in [0.1, 0.15) is 0 Å². The summed E-state index contributed by atoms with van der Waals surface area (Å²) in [6.07, 6.45) is 2.66. The summed E-state index contributed by atoms with van der Waals surface area (Å²) in [5.74, 6) is 0. The van der Waals surface area contributed by atoms with Crippen molar-refractivity contribution < 1.29 is 4.74 Å². The fourth-order valence-corrected chi connectivity index (χ4v) is 2.87. The van der Waals surface area contributed by atoms with Gasteiger partial charge in [-0.1, -0.05) is 0 Å². The van der Waals surface area contributed by atoms with Gasteiger partial charge in [0, 0.05) is 32.1 Å². The zero-order valence-corrected chi connectivity index (χ0v) is 10.7. The minimum absolute atomic E-state index is 0.438. The molecule has 16 heavy (non-hydrogen) atoms. The van der Waals surface area contributed by atoms with Crippen LogP contribution < -0.4 is 10.2 Å². The number of nitrogens with one attached hydrogen (secondary N) is 1. The van der Waals surface area contributed by atoms with Crippen molar-refractivity contribution in [1.82, 2.24) is 10.3 Å². The summed E-state index contributed by atoms with van der Waals surface area (Å²) in [7, 11) is 3.75. The SMILES string of the molecule is CNCc1csc(N2CCC(OC)CC2)n1. The molecule has 1 saturated heterocycles. The fourth-order valence-electron chi connectivity index (χ4n) is 1.99. The molecule has 0 amide bonds. The quantitative estimate of drug-likeness (QED) is 0.866. The highest BCUT2D eigenvalue weighted by molar-refractivity contribution is 7.13. The maximum atomic E-state index is 5.37. The number of piperidine rings is 1. The van der Waals surface area contributed by atoms with Crippen LogP contribution in [0.5, 0.6) is 0 Å². The van der Waals surface area contributed by atoms with Gasteiger partial charge in [-0.25, -0.2) is 4.98 Å². The second kappa shape index (κ2) is 5.61. The van der Waals surface area contributed by atoms with Crippen LogP contribution in [0.1, 0.15) is 18.5 Å². The Balaban J connectivity index is 1.92. The second-order valence-corrected chi connectivity index (χ2v) is 4.91. The summed E-state index contributed by atoms with van der Waals surface area (Å²) in [5.41, 5.74) is 1.14. The molecule has 1 fully saturated rings. The van der Waals surface area contributed by atoms with E-state index in [2.05, 4.69) is 20.6 Å². The molecule has 4 nitrogen and oxygen atoms in total. The van der Waals surface area contributed by atoms with Gasteiger partial charge in [0.05, 0.1) is 11.8 Å². The minimum Gasteiger partial charge on any atom is -0.381 e. The van der Waals surface area contributed by atoms with E-state index in [-0.39, 0.29) is 0 Å². The molecule has 1 aromatic heterocycles. The lowest BCUT2D eigenvalue weighted by molar-refractivity contribution is 0.0819. The van der Waals surface area contributed by atoms with Crippen molar-refractivity contribution in [3.05, 3.63) is 11.1 Å². The molecule has 0 aromatic carbocycles. The molecule has 0 spiro atoms. The number of thiazole rings is 1. The molecule has 0 unspecified atom stereocenters. The van der Waals surface area contributed by atoms with Crippen LogP contribution in [-0.4, -0.2) is 38.3 Å². The van der Waals surface area contributed by atoms with E-state index in [9.17, 15) is 0 Å². The molecule has 2 heterocycles. The van der Waals surface area contributed by atoms with Crippen molar-refractivity contribution in [3.63, 3.8) is 0 Å². The Kier molecular flexibility index (Phi) is 4.15. The lowest BCUT2D eigenvalue weighted by Crippen LogP contribution is -2.36. The summed E-state index contributed by atoms with van der Waals surface area (Å²) in [6, 6.07) is 0. The smallest absolute Gasteiger partial charge is 0.185 e. The molecule has 0 saturated carbocycles. The van der Waals surface area contributed by atoms with Crippen molar-refractivity contribution in [2.24, 2.45) is 0 Å². The van der Waals surface area contributed by atoms with Gasteiger partial charge in [0.15, 0.2) is 5.13 Å². The van der Waals surface area contributed by atoms with E-state index < -0.39 is 0 Å². The van der Waals surface area contributed by atoms with Crippen molar-refractivity contribution in [2.75, 3.05) is 32.1 Å². The number of hydrogen-bond donors (Lipinski definition) is 1. The van der Waals surface area contributed by atoms with Gasteiger partial charge in [-0.05, 0) is 19.9 Å². The van der Waals surface area contributed by atoms with Crippen LogP contribution in [0.4, 0.5) is 5.13 Å². The lowest BCUT2D eigenvalue weighted by atomic mass is 10.1. The van der Waals surface area contributed by atoms with E-state index in [0.29, 0.717) is 6.10 Å². The van der Waals surface area contributed by atoms with Crippen LogP contribution >= 0.6 is 11.3 Å². The summed E-state index contributed by atoms with van der Waals surface area (Å²) in [6.45, 7) is 2.97. The molecular weight excluding hydrogens is 222 g/mol. The number of rotatable bonds is 4. The maximum Gasteiger partial charge on any atom is 0.185 e. The Morgan fingerprint density at radius 3 is 2.94 bits per heavy atom. The van der Waals surface area contributed by atoms with Crippen molar-refractivity contribution >= 4 is 16.5 Å².